The van der Waals surface area contributed by atoms with Crippen LogP contribution in [0.1, 0.15) is 37.2 Å². The van der Waals surface area contributed by atoms with E-state index in [-0.39, 0.29) is 18.4 Å². The predicted molar refractivity (Wildman–Crippen MR) is 85.1 cm³/mol. The minimum Gasteiger partial charge on any atom is -0.479 e. The number of amides is 1. The number of benzene rings is 1. The van der Waals surface area contributed by atoms with E-state index in [2.05, 4.69) is 24.3 Å². The molecule has 2 aliphatic rings. The summed E-state index contributed by atoms with van der Waals surface area (Å²) in [6.45, 7) is 0.982. The Bertz CT molecular complexity index is 551. The van der Waals surface area contributed by atoms with Crippen LogP contribution in [-0.2, 0) is 14.3 Å². The first-order chi connectivity index (χ1) is 11.1. The molecule has 1 aliphatic heterocycles. The van der Waals surface area contributed by atoms with Crippen molar-refractivity contribution in [3.63, 3.8) is 0 Å². The van der Waals surface area contributed by atoms with Crippen LogP contribution in [0.2, 0.25) is 0 Å². The van der Waals surface area contributed by atoms with Crippen molar-refractivity contribution in [2.24, 2.45) is 5.92 Å². The van der Waals surface area contributed by atoms with Gasteiger partial charge in [-0.2, -0.15) is 0 Å². The number of carbonyl (C=O) groups excluding carboxylic acids is 1. The van der Waals surface area contributed by atoms with Gasteiger partial charge in [0.1, 0.15) is 0 Å². The highest BCUT2D eigenvalue weighted by molar-refractivity contribution is 5.80. The summed E-state index contributed by atoms with van der Waals surface area (Å²) in [6.07, 6.45) is 2.93. The molecule has 1 amide bonds. The summed E-state index contributed by atoms with van der Waals surface area (Å²) in [5.41, 5.74) is 1.36. The number of nitrogens with zero attached hydrogens (tertiary/aromatic N) is 1. The largest absolute Gasteiger partial charge is 0.479 e. The molecule has 0 aromatic heterocycles. The van der Waals surface area contributed by atoms with Crippen molar-refractivity contribution in [2.45, 2.75) is 37.7 Å². The zero-order valence-corrected chi connectivity index (χ0v) is 13.2. The maximum atomic E-state index is 12.6. The highest BCUT2D eigenvalue weighted by atomic mass is 16.5. The number of carbonyl (C=O) groups is 2. The molecule has 23 heavy (non-hydrogen) atoms. The highest BCUT2D eigenvalue weighted by Crippen LogP contribution is 2.36. The molecule has 1 N–H and O–H groups in total. The van der Waals surface area contributed by atoms with Crippen LogP contribution in [0.15, 0.2) is 30.3 Å². The van der Waals surface area contributed by atoms with Crippen LogP contribution >= 0.6 is 0 Å². The molecule has 0 spiro atoms. The number of aliphatic carboxylic acids is 1. The zero-order valence-electron chi connectivity index (χ0n) is 13.2. The van der Waals surface area contributed by atoms with Gasteiger partial charge in [-0.05, 0) is 37.2 Å². The fraction of sp³-hybridized carbons (Fsp3) is 0.556. The summed E-state index contributed by atoms with van der Waals surface area (Å²) in [4.78, 5) is 25.4. The third kappa shape index (κ3) is 3.72. The van der Waals surface area contributed by atoms with Crippen molar-refractivity contribution in [1.29, 1.82) is 0 Å². The summed E-state index contributed by atoms with van der Waals surface area (Å²) in [6, 6.07) is 10.5. The molecular weight excluding hydrogens is 294 g/mol. The summed E-state index contributed by atoms with van der Waals surface area (Å²) in [5, 5.41) is 9.05. The van der Waals surface area contributed by atoms with Crippen LogP contribution in [-0.4, -0.2) is 47.7 Å². The standard InChI is InChI=1S/C18H23NO4/c20-17(19-10-11-23-16(12-19)18(21)22)15-8-6-14(7-9-15)13-4-2-1-3-5-13/h1-5,14-16H,6-12H2,(H,21,22)/t14?,15?,16-/m1/s1. The third-order valence-corrected chi connectivity index (χ3v) is 5.00. The summed E-state index contributed by atoms with van der Waals surface area (Å²) >= 11 is 0. The van der Waals surface area contributed by atoms with E-state index in [0.717, 1.165) is 25.7 Å². The minimum atomic E-state index is -0.990. The second-order valence-corrected chi connectivity index (χ2v) is 6.44. The summed E-state index contributed by atoms with van der Waals surface area (Å²) in [5.74, 6) is -0.319. The topological polar surface area (TPSA) is 66.8 Å². The van der Waals surface area contributed by atoms with Crippen molar-refractivity contribution in [3.8, 4) is 0 Å². The predicted octanol–water partition coefficient (Wildman–Crippen LogP) is 2.27. The SMILES string of the molecule is O=C(O)[C@H]1CN(C(=O)C2CCC(c3ccccc3)CC2)CCO1. The van der Waals surface area contributed by atoms with Gasteiger partial charge in [-0.3, -0.25) is 4.79 Å². The molecule has 124 valence electrons. The molecule has 0 radical (unpaired) electrons. The molecule has 1 saturated carbocycles. The normalized spacial score (nSPS) is 28.3. The summed E-state index contributed by atoms with van der Waals surface area (Å²) < 4.78 is 5.19. The number of carboxylic acid groups (broad SMARTS) is 1. The third-order valence-electron chi connectivity index (χ3n) is 5.00. The van der Waals surface area contributed by atoms with E-state index in [0.29, 0.717) is 19.1 Å². The van der Waals surface area contributed by atoms with E-state index in [9.17, 15) is 9.59 Å². The van der Waals surface area contributed by atoms with Crippen LogP contribution in [0, 0.1) is 5.92 Å². The van der Waals surface area contributed by atoms with Gasteiger partial charge in [0, 0.05) is 12.5 Å². The van der Waals surface area contributed by atoms with Gasteiger partial charge in [-0.1, -0.05) is 30.3 Å². The van der Waals surface area contributed by atoms with E-state index in [1.807, 2.05) is 6.07 Å². The van der Waals surface area contributed by atoms with Crippen molar-refractivity contribution in [2.75, 3.05) is 19.7 Å². The van der Waals surface area contributed by atoms with Crippen LogP contribution in [0.25, 0.3) is 0 Å². The lowest BCUT2D eigenvalue weighted by Gasteiger charge is -2.35. The minimum absolute atomic E-state index is 0.0301. The van der Waals surface area contributed by atoms with Crippen molar-refractivity contribution >= 4 is 11.9 Å². The maximum Gasteiger partial charge on any atom is 0.334 e. The fourth-order valence-corrected chi connectivity index (χ4v) is 3.66. The van der Waals surface area contributed by atoms with Gasteiger partial charge in [0.2, 0.25) is 5.91 Å². The molecular formula is C18H23NO4. The van der Waals surface area contributed by atoms with E-state index in [4.69, 9.17) is 9.84 Å². The molecule has 1 saturated heterocycles. The zero-order chi connectivity index (χ0) is 16.2. The number of morpholine rings is 1. The smallest absolute Gasteiger partial charge is 0.334 e. The van der Waals surface area contributed by atoms with Crippen molar-refractivity contribution in [1.82, 2.24) is 4.90 Å². The molecule has 1 aliphatic carbocycles. The van der Waals surface area contributed by atoms with E-state index < -0.39 is 12.1 Å². The quantitative estimate of drug-likeness (QED) is 0.929. The Balaban J connectivity index is 1.55. The van der Waals surface area contributed by atoms with E-state index >= 15 is 0 Å². The number of carboxylic acids is 1. The molecule has 1 aromatic carbocycles. The Morgan fingerprint density at radius 1 is 1.09 bits per heavy atom. The average Bonchev–Trinajstić information content (AvgIpc) is 2.62. The second-order valence-electron chi connectivity index (χ2n) is 6.44. The van der Waals surface area contributed by atoms with Crippen LogP contribution in [0.3, 0.4) is 0 Å². The van der Waals surface area contributed by atoms with Gasteiger partial charge >= 0.3 is 5.97 Å². The molecule has 1 aromatic rings. The summed E-state index contributed by atoms with van der Waals surface area (Å²) in [7, 11) is 0. The van der Waals surface area contributed by atoms with E-state index in [1.54, 1.807) is 4.90 Å². The highest BCUT2D eigenvalue weighted by Gasteiger charge is 2.34. The Labute approximate surface area is 136 Å². The Morgan fingerprint density at radius 3 is 2.43 bits per heavy atom. The Hall–Kier alpha value is -1.88. The van der Waals surface area contributed by atoms with Crippen molar-refractivity contribution in [3.05, 3.63) is 35.9 Å². The van der Waals surface area contributed by atoms with E-state index in [1.165, 1.54) is 5.56 Å². The number of ether oxygens (including phenoxy) is 1. The molecule has 0 bridgehead atoms. The number of rotatable bonds is 3. The molecule has 5 nitrogen and oxygen atoms in total. The second kappa shape index (κ2) is 7.13. The monoisotopic (exact) mass is 317 g/mol. The first kappa shape index (κ1) is 16.0. The van der Waals surface area contributed by atoms with Crippen LogP contribution in [0.5, 0.6) is 0 Å². The molecule has 3 rings (SSSR count). The van der Waals surface area contributed by atoms with Gasteiger partial charge < -0.3 is 14.7 Å². The lowest BCUT2D eigenvalue weighted by Crippen LogP contribution is -2.50. The van der Waals surface area contributed by atoms with Crippen LogP contribution < -0.4 is 0 Å². The first-order valence-corrected chi connectivity index (χ1v) is 8.33. The molecule has 1 atom stereocenters. The van der Waals surface area contributed by atoms with Gasteiger partial charge in [-0.15, -0.1) is 0 Å². The van der Waals surface area contributed by atoms with Crippen molar-refractivity contribution < 1.29 is 19.4 Å². The number of hydrogen-bond donors (Lipinski definition) is 1. The maximum absolute atomic E-state index is 12.6. The Kier molecular flexibility index (Phi) is 4.96. The van der Waals surface area contributed by atoms with Gasteiger partial charge in [0.05, 0.1) is 13.2 Å². The molecule has 0 unspecified atom stereocenters. The lowest BCUT2D eigenvalue weighted by molar-refractivity contribution is -0.160. The van der Waals surface area contributed by atoms with Crippen LogP contribution in [0.4, 0.5) is 0 Å². The molecule has 1 heterocycles. The fourth-order valence-electron chi connectivity index (χ4n) is 3.66. The van der Waals surface area contributed by atoms with Gasteiger partial charge in [-0.25, -0.2) is 4.79 Å². The Morgan fingerprint density at radius 2 is 1.78 bits per heavy atom. The van der Waals surface area contributed by atoms with Gasteiger partial charge in [0.25, 0.3) is 0 Å². The first-order valence-electron chi connectivity index (χ1n) is 8.33. The molecule has 2 fully saturated rings. The number of hydrogen-bond acceptors (Lipinski definition) is 3. The lowest BCUT2D eigenvalue weighted by atomic mass is 9.78. The average molecular weight is 317 g/mol. The molecule has 5 heteroatoms. The van der Waals surface area contributed by atoms with Gasteiger partial charge in [0.15, 0.2) is 6.10 Å².